The number of pyridine rings is 1. The van der Waals surface area contributed by atoms with Crippen molar-refractivity contribution >= 4 is 27.7 Å². The molecule has 6 nitrogen and oxygen atoms in total. The second kappa shape index (κ2) is 8.70. The highest BCUT2D eigenvalue weighted by molar-refractivity contribution is 9.10. The second-order valence-electron chi connectivity index (χ2n) is 4.60. The number of hydrogen-bond donors (Lipinski definition) is 2. The summed E-state index contributed by atoms with van der Waals surface area (Å²) in [5.41, 5.74) is 0.322. The zero-order valence-corrected chi connectivity index (χ0v) is 14.2. The fraction of sp³-hybridized carbons (Fsp3) is 0.118. The van der Waals surface area contributed by atoms with Gasteiger partial charge in [-0.15, -0.1) is 6.42 Å². The van der Waals surface area contributed by atoms with Crippen LogP contribution in [0.1, 0.15) is 10.4 Å². The summed E-state index contributed by atoms with van der Waals surface area (Å²) < 4.78 is 6.51. The van der Waals surface area contributed by atoms with Crippen molar-refractivity contribution in [3.8, 4) is 24.0 Å². The van der Waals surface area contributed by atoms with E-state index in [1.165, 1.54) is 6.20 Å². The van der Waals surface area contributed by atoms with E-state index in [0.717, 1.165) is 4.47 Å². The molecule has 0 saturated heterocycles. The summed E-state index contributed by atoms with van der Waals surface area (Å²) in [5, 5.41) is 4.93. The Morgan fingerprint density at radius 3 is 2.54 bits per heavy atom. The molecule has 0 saturated carbocycles. The number of halogens is 1. The lowest BCUT2D eigenvalue weighted by molar-refractivity contribution is -0.119. The maximum atomic E-state index is 11.9. The van der Waals surface area contributed by atoms with E-state index in [0.29, 0.717) is 17.2 Å². The maximum absolute atomic E-state index is 11.9. The highest BCUT2D eigenvalue weighted by Crippen LogP contribution is 2.21. The molecule has 122 valence electrons. The average molecular weight is 388 g/mol. The van der Waals surface area contributed by atoms with Gasteiger partial charge in [0.05, 0.1) is 18.7 Å². The molecule has 7 heteroatoms. The predicted molar refractivity (Wildman–Crippen MR) is 92.6 cm³/mol. The van der Waals surface area contributed by atoms with E-state index >= 15 is 0 Å². The number of amides is 2. The van der Waals surface area contributed by atoms with E-state index in [9.17, 15) is 9.59 Å². The van der Waals surface area contributed by atoms with Crippen molar-refractivity contribution in [1.29, 1.82) is 0 Å². The molecular formula is C17H14BrN3O3. The molecule has 2 rings (SSSR count). The minimum Gasteiger partial charge on any atom is -0.439 e. The Hall–Kier alpha value is -2.85. The molecule has 2 amide bonds. The van der Waals surface area contributed by atoms with Crippen molar-refractivity contribution in [3.05, 3.63) is 52.6 Å². The van der Waals surface area contributed by atoms with E-state index in [1.807, 2.05) is 12.1 Å². The van der Waals surface area contributed by atoms with Crippen LogP contribution in [0.3, 0.4) is 0 Å². The summed E-state index contributed by atoms with van der Waals surface area (Å²) in [6.45, 7) is -0.0317. The Bertz CT molecular complexity index is 752. The minimum absolute atomic E-state index is 0.123. The fourth-order valence-corrected chi connectivity index (χ4v) is 1.94. The van der Waals surface area contributed by atoms with Crippen molar-refractivity contribution in [2.24, 2.45) is 0 Å². The van der Waals surface area contributed by atoms with E-state index in [4.69, 9.17) is 11.2 Å². The molecule has 2 aromatic rings. The van der Waals surface area contributed by atoms with Gasteiger partial charge in [-0.1, -0.05) is 21.9 Å². The van der Waals surface area contributed by atoms with Gasteiger partial charge in [0.25, 0.3) is 5.91 Å². The van der Waals surface area contributed by atoms with E-state index in [1.54, 1.807) is 24.3 Å². The number of rotatable bonds is 6. The largest absolute Gasteiger partial charge is 0.439 e. The van der Waals surface area contributed by atoms with Crippen LogP contribution in [0.25, 0.3) is 0 Å². The first kappa shape index (κ1) is 17.5. The highest BCUT2D eigenvalue weighted by atomic mass is 79.9. The number of ether oxygens (including phenoxy) is 1. The van der Waals surface area contributed by atoms with Crippen LogP contribution >= 0.6 is 15.9 Å². The first-order valence-corrected chi connectivity index (χ1v) is 7.75. The number of hydrogen-bond acceptors (Lipinski definition) is 4. The normalized spacial score (nSPS) is 9.67. The van der Waals surface area contributed by atoms with Crippen molar-refractivity contribution < 1.29 is 14.3 Å². The van der Waals surface area contributed by atoms with Crippen molar-refractivity contribution in [1.82, 2.24) is 15.6 Å². The summed E-state index contributed by atoms with van der Waals surface area (Å²) in [5.74, 6) is 2.50. The standard InChI is InChI=1S/C17H14BrN3O3/c1-2-9-19-15(22)11-21-17(23)12-3-8-16(20-10-12)24-14-6-4-13(18)5-7-14/h1,3-8,10H,9,11H2,(H,19,22)(H,21,23). The Morgan fingerprint density at radius 2 is 1.92 bits per heavy atom. The number of carbonyl (C=O) groups is 2. The van der Waals surface area contributed by atoms with E-state index < -0.39 is 5.91 Å². The van der Waals surface area contributed by atoms with E-state index in [-0.39, 0.29) is 19.0 Å². The lowest BCUT2D eigenvalue weighted by Gasteiger charge is -2.07. The smallest absolute Gasteiger partial charge is 0.253 e. The SMILES string of the molecule is C#CCNC(=O)CNC(=O)c1ccc(Oc2ccc(Br)cc2)nc1. The third-order valence-electron chi connectivity index (χ3n) is 2.83. The molecule has 1 aromatic carbocycles. The molecule has 0 unspecified atom stereocenters. The van der Waals surface area contributed by atoms with Gasteiger partial charge in [0, 0.05) is 16.7 Å². The van der Waals surface area contributed by atoms with Gasteiger partial charge in [-0.3, -0.25) is 9.59 Å². The molecule has 0 aliphatic rings. The Kier molecular flexibility index (Phi) is 6.34. The van der Waals surface area contributed by atoms with Crippen LogP contribution in [0.4, 0.5) is 0 Å². The van der Waals surface area contributed by atoms with Gasteiger partial charge in [0.15, 0.2) is 0 Å². The molecule has 24 heavy (non-hydrogen) atoms. The van der Waals surface area contributed by atoms with Crippen molar-refractivity contribution in [2.75, 3.05) is 13.1 Å². The van der Waals surface area contributed by atoms with Gasteiger partial charge in [-0.25, -0.2) is 4.98 Å². The number of nitrogens with one attached hydrogen (secondary N) is 2. The fourth-order valence-electron chi connectivity index (χ4n) is 1.67. The summed E-state index contributed by atoms with van der Waals surface area (Å²) in [6.07, 6.45) is 6.40. The Balaban J connectivity index is 1.89. The van der Waals surface area contributed by atoms with E-state index in [2.05, 4.69) is 37.5 Å². The molecule has 0 fully saturated rings. The first-order chi connectivity index (χ1) is 11.6. The second-order valence-corrected chi connectivity index (χ2v) is 5.52. The number of terminal acetylenes is 1. The third-order valence-corrected chi connectivity index (χ3v) is 3.36. The molecule has 0 bridgehead atoms. The number of nitrogens with zero attached hydrogens (tertiary/aromatic N) is 1. The average Bonchev–Trinajstić information content (AvgIpc) is 2.60. The van der Waals surface area contributed by atoms with Gasteiger partial charge < -0.3 is 15.4 Å². The van der Waals surface area contributed by atoms with Crippen LogP contribution in [0.5, 0.6) is 11.6 Å². The number of carbonyl (C=O) groups excluding carboxylic acids is 2. The van der Waals surface area contributed by atoms with Gasteiger partial charge in [0.1, 0.15) is 5.75 Å². The molecule has 0 atom stereocenters. The summed E-state index contributed by atoms with van der Waals surface area (Å²) in [7, 11) is 0. The van der Waals surface area contributed by atoms with Crippen LogP contribution in [0.15, 0.2) is 47.1 Å². The summed E-state index contributed by atoms with van der Waals surface area (Å²) >= 11 is 3.34. The molecule has 0 aliphatic heterocycles. The van der Waals surface area contributed by atoms with Crippen LogP contribution in [0, 0.1) is 12.3 Å². The lowest BCUT2D eigenvalue weighted by atomic mass is 10.2. The van der Waals surface area contributed by atoms with Crippen LogP contribution < -0.4 is 15.4 Å². The maximum Gasteiger partial charge on any atom is 0.253 e. The predicted octanol–water partition coefficient (Wildman–Crippen LogP) is 2.12. The number of aromatic nitrogens is 1. The zero-order chi connectivity index (χ0) is 17.4. The van der Waals surface area contributed by atoms with Crippen LogP contribution in [0.2, 0.25) is 0 Å². The minimum atomic E-state index is -0.409. The summed E-state index contributed by atoms with van der Waals surface area (Å²) in [6, 6.07) is 10.4. The zero-order valence-electron chi connectivity index (χ0n) is 12.6. The quantitative estimate of drug-likeness (QED) is 0.743. The Labute approximate surface area is 147 Å². The molecule has 1 aromatic heterocycles. The topological polar surface area (TPSA) is 80.3 Å². The van der Waals surface area contributed by atoms with Crippen molar-refractivity contribution in [2.45, 2.75) is 0 Å². The molecule has 1 heterocycles. The third kappa shape index (κ3) is 5.41. The molecule has 0 radical (unpaired) electrons. The molecule has 0 spiro atoms. The van der Waals surface area contributed by atoms with Gasteiger partial charge in [0.2, 0.25) is 11.8 Å². The first-order valence-electron chi connectivity index (χ1n) is 6.96. The van der Waals surface area contributed by atoms with Gasteiger partial charge in [-0.2, -0.15) is 0 Å². The highest BCUT2D eigenvalue weighted by Gasteiger charge is 2.09. The van der Waals surface area contributed by atoms with Crippen molar-refractivity contribution in [3.63, 3.8) is 0 Å². The van der Waals surface area contributed by atoms with Gasteiger partial charge in [-0.05, 0) is 30.3 Å². The van der Waals surface area contributed by atoms with Crippen LogP contribution in [-0.2, 0) is 4.79 Å². The Morgan fingerprint density at radius 1 is 1.17 bits per heavy atom. The number of benzene rings is 1. The molecule has 0 aliphatic carbocycles. The van der Waals surface area contributed by atoms with Crippen LogP contribution in [-0.4, -0.2) is 29.9 Å². The molecule has 2 N–H and O–H groups in total. The lowest BCUT2D eigenvalue weighted by Crippen LogP contribution is -2.37. The van der Waals surface area contributed by atoms with Gasteiger partial charge >= 0.3 is 0 Å². The molecular weight excluding hydrogens is 374 g/mol. The monoisotopic (exact) mass is 387 g/mol. The summed E-state index contributed by atoms with van der Waals surface area (Å²) in [4.78, 5) is 27.3.